The number of hydrogen-bond acceptors (Lipinski definition) is 4. The van der Waals surface area contributed by atoms with Crippen molar-refractivity contribution >= 4 is 11.5 Å². The Bertz CT molecular complexity index is 487. The van der Waals surface area contributed by atoms with Crippen LogP contribution in [0.25, 0.3) is 0 Å². The molecule has 0 aliphatic rings. The predicted molar refractivity (Wildman–Crippen MR) is 70.1 cm³/mol. The first-order valence-electron chi connectivity index (χ1n) is 5.87. The van der Waals surface area contributed by atoms with Crippen LogP contribution in [0, 0.1) is 16.7 Å². The lowest BCUT2D eigenvalue weighted by atomic mass is 9.88. The summed E-state index contributed by atoms with van der Waals surface area (Å²) < 4.78 is 5.57. The zero-order chi connectivity index (χ0) is 13.8. The van der Waals surface area contributed by atoms with Crippen molar-refractivity contribution in [2.24, 2.45) is 5.41 Å². The fraction of sp³-hybridized carbons (Fsp3) is 0.429. The van der Waals surface area contributed by atoms with Crippen molar-refractivity contribution in [2.75, 3.05) is 12.3 Å². The molecule has 0 spiro atoms. The zero-order valence-corrected chi connectivity index (χ0v) is 11.0. The third-order valence-electron chi connectivity index (χ3n) is 2.83. The first kappa shape index (κ1) is 14.0. The van der Waals surface area contributed by atoms with Crippen LogP contribution in [0.2, 0.25) is 0 Å². The van der Waals surface area contributed by atoms with Gasteiger partial charge in [0.05, 0.1) is 11.1 Å². The molecule has 1 rings (SSSR count). The van der Waals surface area contributed by atoms with E-state index in [0.717, 1.165) is 0 Å². The maximum atomic E-state index is 11.7. The maximum absolute atomic E-state index is 11.7. The Hall–Kier alpha value is -2.02. The van der Waals surface area contributed by atoms with Gasteiger partial charge in [0.25, 0.3) is 0 Å². The second-order valence-corrected chi connectivity index (χ2v) is 4.78. The minimum atomic E-state index is -0.563. The predicted octanol–water partition coefficient (Wildman–Crippen LogP) is 2.52. The van der Waals surface area contributed by atoms with Crippen LogP contribution in [0.4, 0.5) is 5.69 Å². The molecule has 1 aromatic rings. The SMILES string of the molecule is CCC(=O)C(C)(C)COc1cccc(N)c1C#N. The van der Waals surface area contributed by atoms with E-state index >= 15 is 0 Å². The smallest absolute Gasteiger partial charge is 0.141 e. The van der Waals surface area contributed by atoms with E-state index in [9.17, 15) is 4.79 Å². The zero-order valence-electron chi connectivity index (χ0n) is 11.0. The number of carbonyl (C=O) groups is 1. The van der Waals surface area contributed by atoms with Crippen molar-refractivity contribution in [3.05, 3.63) is 23.8 Å². The number of ether oxygens (including phenoxy) is 1. The molecular weight excluding hydrogens is 228 g/mol. The molecule has 0 bridgehead atoms. The highest BCUT2D eigenvalue weighted by atomic mass is 16.5. The summed E-state index contributed by atoms with van der Waals surface area (Å²) in [5, 5.41) is 9.01. The number of nitrogens with two attached hydrogens (primary N) is 1. The van der Waals surface area contributed by atoms with Crippen LogP contribution in [-0.2, 0) is 4.79 Å². The number of ketones is 1. The fourth-order valence-corrected chi connectivity index (χ4v) is 1.61. The van der Waals surface area contributed by atoms with Gasteiger partial charge in [-0.05, 0) is 26.0 Å². The molecule has 4 heteroatoms. The van der Waals surface area contributed by atoms with E-state index in [0.29, 0.717) is 23.4 Å². The lowest BCUT2D eigenvalue weighted by Crippen LogP contribution is -2.30. The van der Waals surface area contributed by atoms with Crippen LogP contribution in [0.1, 0.15) is 32.8 Å². The van der Waals surface area contributed by atoms with Gasteiger partial charge in [-0.25, -0.2) is 0 Å². The summed E-state index contributed by atoms with van der Waals surface area (Å²) in [6.45, 7) is 5.72. The quantitative estimate of drug-likeness (QED) is 0.810. The number of hydrogen-bond donors (Lipinski definition) is 1. The third kappa shape index (κ3) is 3.01. The number of benzene rings is 1. The summed E-state index contributed by atoms with van der Waals surface area (Å²) in [7, 11) is 0. The Labute approximate surface area is 107 Å². The van der Waals surface area contributed by atoms with Gasteiger partial charge in [0.1, 0.15) is 29.8 Å². The summed E-state index contributed by atoms with van der Waals surface area (Å²) in [5.74, 6) is 0.555. The van der Waals surface area contributed by atoms with Gasteiger partial charge >= 0.3 is 0 Å². The van der Waals surface area contributed by atoms with Crippen molar-refractivity contribution in [3.63, 3.8) is 0 Å². The molecule has 1 aromatic carbocycles. The average Bonchev–Trinajstić information content (AvgIpc) is 2.35. The van der Waals surface area contributed by atoms with E-state index in [1.54, 1.807) is 18.2 Å². The lowest BCUT2D eigenvalue weighted by molar-refractivity contribution is -0.128. The van der Waals surface area contributed by atoms with E-state index < -0.39 is 5.41 Å². The standard InChI is InChI=1S/C14H18N2O2/c1-4-13(17)14(2,3)9-18-12-7-5-6-11(16)10(12)8-15/h5-7H,4,9,16H2,1-3H3. The number of nitriles is 1. The van der Waals surface area contributed by atoms with E-state index in [2.05, 4.69) is 0 Å². The van der Waals surface area contributed by atoms with Gasteiger partial charge in [0, 0.05) is 6.42 Å². The Morgan fingerprint density at radius 1 is 1.50 bits per heavy atom. The van der Waals surface area contributed by atoms with Crippen LogP contribution in [0.5, 0.6) is 5.75 Å². The summed E-state index contributed by atoms with van der Waals surface area (Å²) in [6, 6.07) is 7.06. The maximum Gasteiger partial charge on any atom is 0.141 e. The number of rotatable bonds is 5. The van der Waals surface area contributed by atoms with Gasteiger partial charge in [-0.3, -0.25) is 4.79 Å². The Morgan fingerprint density at radius 2 is 2.17 bits per heavy atom. The molecule has 0 fully saturated rings. The van der Waals surface area contributed by atoms with Crippen LogP contribution < -0.4 is 10.5 Å². The minimum Gasteiger partial charge on any atom is -0.491 e. The molecule has 0 amide bonds. The normalized spacial score (nSPS) is 10.8. The Morgan fingerprint density at radius 3 is 2.72 bits per heavy atom. The topological polar surface area (TPSA) is 76.1 Å². The summed E-state index contributed by atoms with van der Waals surface area (Å²) >= 11 is 0. The molecule has 0 heterocycles. The molecule has 0 aromatic heterocycles. The van der Waals surface area contributed by atoms with Gasteiger partial charge in [-0.2, -0.15) is 5.26 Å². The van der Waals surface area contributed by atoms with Crippen LogP contribution >= 0.6 is 0 Å². The molecule has 96 valence electrons. The summed E-state index contributed by atoms with van der Waals surface area (Å²) in [5.41, 5.74) is 5.83. The van der Waals surface area contributed by atoms with E-state index in [1.165, 1.54) is 0 Å². The van der Waals surface area contributed by atoms with Crippen molar-refractivity contribution in [1.29, 1.82) is 5.26 Å². The molecule has 0 saturated carbocycles. The number of Topliss-reactive ketones (excluding diaryl/α,β-unsaturated/α-hetero) is 1. The number of nitrogens with zero attached hydrogens (tertiary/aromatic N) is 1. The molecule has 18 heavy (non-hydrogen) atoms. The molecule has 4 nitrogen and oxygen atoms in total. The summed E-state index contributed by atoms with van der Waals surface area (Å²) in [4.78, 5) is 11.7. The van der Waals surface area contributed by atoms with Gasteiger partial charge < -0.3 is 10.5 Å². The Kier molecular flexibility index (Phi) is 4.33. The number of anilines is 1. The Balaban J connectivity index is 2.85. The van der Waals surface area contributed by atoms with Gasteiger partial charge in [0.15, 0.2) is 0 Å². The third-order valence-corrected chi connectivity index (χ3v) is 2.83. The van der Waals surface area contributed by atoms with E-state index in [4.69, 9.17) is 15.7 Å². The second kappa shape index (κ2) is 5.54. The number of carbonyl (C=O) groups excluding carboxylic acids is 1. The van der Waals surface area contributed by atoms with Crippen LogP contribution in [0.15, 0.2) is 18.2 Å². The van der Waals surface area contributed by atoms with Crippen LogP contribution in [-0.4, -0.2) is 12.4 Å². The molecule has 2 N–H and O–H groups in total. The second-order valence-electron chi connectivity index (χ2n) is 4.78. The van der Waals surface area contributed by atoms with Crippen molar-refractivity contribution in [1.82, 2.24) is 0 Å². The van der Waals surface area contributed by atoms with Crippen LogP contribution in [0.3, 0.4) is 0 Å². The first-order valence-corrected chi connectivity index (χ1v) is 5.87. The van der Waals surface area contributed by atoms with Crippen molar-refractivity contribution in [3.8, 4) is 11.8 Å². The van der Waals surface area contributed by atoms with Gasteiger partial charge in [-0.15, -0.1) is 0 Å². The fourth-order valence-electron chi connectivity index (χ4n) is 1.61. The van der Waals surface area contributed by atoms with Gasteiger partial charge in [0.2, 0.25) is 0 Å². The van der Waals surface area contributed by atoms with E-state index in [-0.39, 0.29) is 12.4 Å². The lowest BCUT2D eigenvalue weighted by Gasteiger charge is -2.23. The largest absolute Gasteiger partial charge is 0.491 e. The molecule has 0 unspecified atom stereocenters. The highest BCUT2D eigenvalue weighted by molar-refractivity contribution is 5.83. The van der Waals surface area contributed by atoms with E-state index in [1.807, 2.05) is 26.8 Å². The molecular formula is C14H18N2O2. The van der Waals surface area contributed by atoms with Crippen molar-refractivity contribution in [2.45, 2.75) is 27.2 Å². The molecule has 0 saturated heterocycles. The molecule has 0 radical (unpaired) electrons. The minimum absolute atomic E-state index is 0.130. The van der Waals surface area contributed by atoms with Crippen molar-refractivity contribution < 1.29 is 9.53 Å². The first-order chi connectivity index (χ1) is 8.42. The monoisotopic (exact) mass is 246 g/mol. The number of nitrogen functional groups attached to an aromatic ring is 1. The molecule has 0 aliphatic heterocycles. The highest BCUT2D eigenvalue weighted by Gasteiger charge is 2.27. The molecule has 0 aliphatic carbocycles. The summed E-state index contributed by atoms with van der Waals surface area (Å²) in [6.07, 6.45) is 0.471. The van der Waals surface area contributed by atoms with Gasteiger partial charge in [-0.1, -0.05) is 13.0 Å². The highest BCUT2D eigenvalue weighted by Crippen LogP contribution is 2.26. The molecule has 0 atom stereocenters. The average molecular weight is 246 g/mol.